The van der Waals surface area contributed by atoms with E-state index >= 15 is 0 Å². The lowest BCUT2D eigenvalue weighted by Crippen LogP contribution is -2.50. The minimum Gasteiger partial charge on any atom is -0.480 e. The minimum absolute atomic E-state index is 0.294. The number of carbonyl (C=O) groups excluding carboxylic acids is 1. The Morgan fingerprint density at radius 1 is 1.44 bits per heavy atom. The lowest BCUT2D eigenvalue weighted by molar-refractivity contribution is -0.164. The Morgan fingerprint density at radius 2 is 1.94 bits per heavy atom. The number of alkyl halides is 2. The van der Waals surface area contributed by atoms with E-state index in [-0.39, 0.29) is 6.04 Å². The van der Waals surface area contributed by atoms with Crippen molar-refractivity contribution in [3.63, 3.8) is 0 Å². The zero-order chi connectivity index (χ0) is 12.5. The van der Waals surface area contributed by atoms with Crippen LogP contribution in [0.1, 0.15) is 26.7 Å². The first-order chi connectivity index (χ1) is 7.23. The van der Waals surface area contributed by atoms with Crippen LogP contribution in [0.25, 0.3) is 0 Å². The molecule has 1 rings (SSSR count). The Balaban J connectivity index is 2.59. The maximum absolute atomic E-state index is 12.6. The molecule has 0 saturated heterocycles. The Bertz CT molecular complexity index is 296. The van der Waals surface area contributed by atoms with E-state index < -0.39 is 43.1 Å². The van der Waals surface area contributed by atoms with Gasteiger partial charge in [-0.3, -0.25) is 9.59 Å². The average molecular weight is 235 g/mol. The molecule has 0 aromatic heterocycles. The summed E-state index contributed by atoms with van der Waals surface area (Å²) in [6.07, 6.45) is -0.927. The van der Waals surface area contributed by atoms with Gasteiger partial charge in [-0.2, -0.15) is 0 Å². The van der Waals surface area contributed by atoms with Crippen molar-refractivity contribution in [3.05, 3.63) is 0 Å². The number of nitrogens with zero attached hydrogens (tertiary/aromatic N) is 1. The summed E-state index contributed by atoms with van der Waals surface area (Å²) >= 11 is 0. The Labute approximate surface area is 92.2 Å². The molecule has 0 bridgehead atoms. The molecule has 0 radical (unpaired) electrons. The molecule has 1 aliphatic carbocycles. The molecule has 0 heterocycles. The zero-order valence-corrected chi connectivity index (χ0v) is 9.24. The van der Waals surface area contributed by atoms with Gasteiger partial charge in [0, 0.05) is 24.8 Å². The van der Waals surface area contributed by atoms with Crippen LogP contribution in [0.4, 0.5) is 8.78 Å². The van der Waals surface area contributed by atoms with Crippen LogP contribution >= 0.6 is 0 Å². The summed E-state index contributed by atoms with van der Waals surface area (Å²) in [5.41, 5.74) is 0. The molecule has 0 aromatic rings. The summed E-state index contributed by atoms with van der Waals surface area (Å²) in [5, 5.41) is 8.61. The lowest BCUT2D eigenvalue weighted by atomic mass is 9.80. The molecular weight excluding hydrogens is 220 g/mol. The first-order valence-corrected chi connectivity index (χ1v) is 5.13. The van der Waals surface area contributed by atoms with E-state index in [0.717, 1.165) is 4.90 Å². The number of carboxylic acids is 1. The molecular formula is C10H15F2NO3. The smallest absolute Gasteiger partial charge is 0.323 e. The molecule has 0 unspecified atom stereocenters. The van der Waals surface area contributed by atoms with E-state index in [1.807, 2.05) is 0 Å². The molecule has 0 spiro atoms. The Hall–Kier alpha value is -1.20. The van der Waals surface area contributed by atoms with Gasteiger partial charge in [-0.1, -0.05) is 0 Å². The summed E-state index contributed by atoms with van der Waals surface area (Å²) in [6, 6.07) is -0.294. The van der Waals surface area contributed by atoms with Gasteiger partial charge in [0.15, 0.2) is 0 Å². The molecule has 1 fully saturated rings. The highest BCUT2D eigenvalue weighted by molar-refractivity contribution is 5.84. The molecule has 16 heavy (non-hydrogen) atoms. The fourth-order valence-electron chi connectivity index (χ4n) is 1.73. The van der Waals surface area contributed by atoms with Gasteiger partial charge in [-0.15, -0.1) is 0 Å². The van der Waals surface area contributed by atoms with Crippen molar-refractivity contribution in [1.82, 2.24) is 4.90 Å². The quantitative estimate of drug-likeness (QED) is 0.800. The van der Waals surface area contributed by atoms with Gasteiger partial charge in [-0.05, 0) is 13.8 Å². The highest BCUT2D eigenvalue weighted by Gasteiger charge is 2.50. The highest BCUT2D eigenvalue weighted by Crippen LogP contribution is 2.43. The normalized spacial score (nSPS) is 19.3. The Morgan fingerprint density at radius 3 is 2.25 bits per heavy atom. The fourth-order valence-corrected chi connectivity index (χ4v) is 1.73. The standard InChI is InChI=1S/C10H15F2NO3/c1-6(2)13(5-8(14)15)9(16)7-3-10(11,12)4-7/h6-7H,3-5H2,1-2H3,(H,14,15). The van der Waals surface area contributed by atoms with E-state index in [9.17, 15) is 18.4 Å². The van der Waals surface area contributed by atoms with E-state index in [0.29, 0.717) is 0 Å². The number of carboxylic acid groups (broad SMARTS) is 1. The van der Waals surface area contributed by atoms with Gasteiger partial charge in [0.1, 0.15) is 6.54 Å². The first-order valence-electron chi connectivity index (χ1n) is 5.13. The molecule has 0 atom stereocenters. The van der Waals surface area contributed by atoms with Crippen molar-refractivity contribution in [3.8, 4) is 0 Å². The number of aliphatic carboxylic acids is 1. The highest BCUT2D eigenvalue weighted by atomic mass is 19.3. The van der Waals surface area contributed by atoms with Crippen molar-refractivity contribution in [2.24, 2.45) is 5.92 Å². The number of amides is 1. The first kappa shape index (κ1) is 12.9. The van der Waals surface area contributed by atoms with Crippen molar-refractivity contribution in [2.45, 2.75) is 38.7 Å². The maximum atomic E-state index is 12.6. The molecule has 1 aliphatic rings. The van der Waals surface area contributed by atoms with Crippen LogP contribution in [0.5, 0.6) is 0 Å². The minimum atomic E-state index is -2.76. The number of hydrogen-bond acceptors (Lipinski definition) is 2. The predicted octanol–water partition coefficient (Wildman–Crippen LogP) is 1.35. The number of halogens is 2. The molecule has 1 amide bonds. The van der Waals surface area contributed by atoms with Crippen LogP contribution in [0.15, 0.2) is 0 Å². The summed E-state index contributed by atoms with van der Waals surface area (Å²) in [7, 11) is 0. The van der Waals surface area contributed by atoms with Crippen LogP contribution in [-0.2, 0) is 9.59 Å². The number of carbonyl (C=O) groups is 2. The van der Waals surface area contributed by atoms with Crippen LogP contribution in [0.3, 0.4) is 0 Å². The molecule has 1 N–H and O–H groups in total. The molecule has 4 nitrogen and oxygen atoms in total. The van der Waals surface area contributed by atoms with E-state index in [1.165, 1.54) is 0 Å². The van der Waals surface area contributed by atoms with Gasteiger partial charge in [0.2, 0.25) is 11.8 Å². The average Bonchev–Trinajstić information content (AvgIpc) is 2.08. The molecule has 92 valence electrons. The summed E-state index contributed by atoms with van der Waals surface area (Å²) in [5.74, 6) is -5.10. The van der Waals surface area contributed by atoms with E-state index in [1.54, 1.807) is 13.8 Å². The van der Waals surface area contributed by atoms with Crippen LogP contribution in [0, 0.1) is 5.92 Å². The van der Waals surface area contributed by atoms with Crippen molar-refractivity contribution < 1.29 is 23.5 Å². The SMILES string of the molecule is CC(C)N(CC(=O)O)C(=O)C1CC(F)(F)C1. The summed E-state index contributed by atoms with van der Waals surface area (Å²) < 4.78 is 25.2. The van der Waals surface area contributed by atoms with Gasteiger partial charge in [0.05, 0.1) is 0 Å². The number of rotatable bonds is 4. The van der Waals surface area contributed by atoms with Crippen molar-refractivity contribution in [2.75, 3.05) is 6.54 Å². The molecule has 1 saturated carbocycles. The van der Waals surface area contributed by atoms with Gasteiger partial charge >= 0.3 is 5.97 Å². The van der Waals surface area contributed by atoms with Crippen LogP contribution in [-0.4, -0.2) is 40.4 Å². The second kappa shape index (κ2) is 4.35. The van der Waals surface area contributed by atoms with E-state index in [2.05, 4.69) is 0 Å². The van der Waals surface area contributed by atoms with Crippen molar-refractivity contribution >= 4 is 11.9 Å². The largest absolute Gasteiger partial charge is 0.480 e. The summed E-state index contributed by atoms with van der Waals surface area (Å²) in [4.78, 5) is 23.4. The van der Waals surface area contributed by atoms with Gasteiger partial charge < -0.3 is 10.0 Å². The van der Waals surface area contributed by atoms with Gasteiger partial charge in [-0.25, -0.2) is 8.78 Å². The van der Waals surface area contributed by atoms with Crippen LogP contribution in [0.2, 0.25) is 0 Å². The fraction of sp³-hybridized carbons (Fsp3) is 0.800. The Kier molecular flexibility index (Phi) is 3.50. The van der Waals surface area contributed by atoms with Gasteiger partial charge in [0.25, 0.3) is 0 Å². The zero-order valence-electron chi connectivity index (χ0n) is 9.24. The molecule has 0 aromatic carbocycles. The monoisotopic (exact) mass is 235 g/mol. The predicted molar refractivity (Wildman–Crippen MR) is 52.2 cm³/mol. The third-order valence-electron chi connectivity index (χ3n) is 2.65. The molecule has 0 aliphatic heterocycles. The third-order valence-corrected chi connectivity index (χ3v) is 2.65. The van der Waals surface area contributed by atoms with Crippen LogP contribution < -0.4 is 0 Å². The second-order valence-corrected chi connectivity index (χ2v) is 4.41. The number of hydrogen-bond donors (Lipinski definition) is 1. The maximum Gasteiger partial charge on any atom is 0.323 e. The van der Waals surface area contributed by atoms with Crippen molar-refractivity contribution in [1.29, 1.82) is 0 Å². The molecule has 6 heteroatoms. The second-order valence-electron chi connectivity index (χ2n) is 4.41. The van der Waals surface area contributed by atoms with E-state index in [4.69, 9.17) is 5.11 Å². The lowest BCUT2D eigenvalue weighted by Gasteiger charge is -2.38. The third kappa shape index (κ3) is 2.90. The summed E-state index contributed by atoms with van der Waals surface area (Å²) in [6.45, 7) is 2.90. The topological polar surface area (TPSA) is 57.6 Å².